The lowest BCUT2D eigenvalue weighted by molar-refractivity contribution is -0.140. The predicted octanol–water partition coefficient (Wildman–Crippen LogP) is -0.164. The number of nitrogens with zero attached hydrogens (tertiary/aromatic N) is 2. The Balaban J connectivity index is 2.52. The second-order valence-electron chi connectivity index (χ2n) is 3.12. The molecule has 1 amide bonds. The van der Waals surface area contributed by atoms with E-state index >= 15 is 0 Å². The molecule has 0 bridgehead atoms. The fourth-order valence-electron chi connectivity index (χ4n) is 1.43. The van der Waals surface area contributed by atoms with Crippen LogP contribution in [-0.4, -0.2) is 46.8 Å². The van der Waals surface area contributed by atoms with Gasteiger partial charge in [-0.1, -0.05) is 6.92 Å². The zero-order valence-electron chi connectivity index (χ0n) is 7.66. The average Bonchev–Trinajstić information content (AvgIpc) is 2.32. The first-order valence-corrected chi connectivity index (χ1v) is 4.38. The molecule has 0 aromatic rings. The number of hydrogen-bond donors (Lipinski definition) is 1. The first kappa shape index (κ1) is 9.48. The Kier molecular flexibility index (Phi) is 3.05. The molecule has 4 heteroatoms. The topological polar surface area (TPSA) is 43.8 Å². The second kappa shape index (κ2) is 3.87. The molecule has 1 saturated heterocycles. The fourth-order valence-corrected chi connectivity index (χ4v) is 1.43. The van der Waals surface area contributed by atoms with Crippen LogP contribution in [0.3, 0.4) is 0 Å². The molecule has 0 radical (unpaired) electrons. The van der Waals surface area contributed by atoms with Crippen LogP contribution in [0.25, 0.3) is 0 Å². The summed E-state index contributed by atoms with van der Waals surface area (Å²) in [6, 6.07) is 0. The van der Waals surface area contributed by atoms with Crippen molar-refractivity contribution in [2.24, 2.45) is 0 Å². The third-order valence-corrected chi connectivity index (χ3v) is 2.02. The molecule has 1 fully saturated rings. The van der Waals surface area contributed by atoms with Gasteiger partial charge in [-0.2, -0.15) is 0 Å². The van der Waals surface area contributed by atoms with Crippen molar-refractivity contribution in [2.75, 3.05) is 19.6 Å². The molecular weight excluding hydrogens is 156 g/mol. The van der Waals surface area contributed by atoms with Crippen molar-refractivity contribution in [3.8, 4) is 0 Å². The van der Waals surface area contributed by atoms with E-state index in [0.717, 1.165) is 13.1 Å². The highest BCUT2D eigenvalue weighted by molar-refractivity contribution is 5.77. The number of β-amino-alcohol motifs (C(OH)–C–C–N with tert-alkyl or cyclic N) is 1. The fraction of sp³-hybridized carbons (Fsp3) is 0.875. The molecule has 12 heavy (non-hydrogen) atoms. The first-order chi connectivity index (χ1) is 5.65. The Morgan fingerprint density at radius 2 is 2.33 bits per heavy atom. The number of carbonyl (C=O) groups excluding carboxylic acids is 1. The van der Waals surface area contributed by atoms with Gasteiger partial charge in [-0.15, -0.1) is 0 Å². The van der Waals surface area contributed by atoms with Crippen molar-refractivity contribution in [1.29, 1.82) is 0 Å². The Labute approximate surface area is 72.7 Å². The summed E-state index contributed by atoms with van der Waals surface area (Å²) in [7, 11) is 0. The summed E-state index contributed by atoms with van der Waals surface area (Å²) >= 11 is 0. The molecule has 0 saturated carbocycles. The highest BCUT2D eigenvalue weighted by Crippen LogP contribution is 2.11. The van der Waals surface area contributed by atoms with Crippen LogP contribution in [0.1, 0.15) is 20.3 Å². The molecule has 0 aromatic heterocycles. The van der Waals surface area contributed by atoms with Crippen molar-refractivity contribution in [3.05, 3.63) is 0 Å². The lowest BCUT2D eigenvalue weighted by atomic mass is 10.4. The SMILES string of the molecule is CCN1CCC(=O)N1CC(C)O. The second-order valence-corrected chi connectivity index (χ2v) is 3.12. The number of carbonyl (C=O) groups is 1. The van der Waals surface area contributed by atoms with Gasteiger partial charge >= 0.3 is 0 Å². The van der Waals surface area contributed by atoms with Crippen molar-refractivity contribution in [3.63, 3.8) is 0 Å². The summed E-state index contributed by atoms with van der Waals surface area (Å²) in [6.45, 7) is 5.75. The monoisotopic (exact) mass is 172 g/mol. The molecular formula is C8H16N2O2. The van der Waals surface area contributed by atoms with Gasteiger partial charge in [0.05, 0.1) is 12.6 Å². The number of rotatable bonds is 3. The third-order valence-electron chi connectivity index (χ3n) is 2.02. The number of aliphatic hydroxyl groups is 1. The molecule has 1 aliphatic rings. The Hall–Kier alpha value is -0.610. The predicted molar refractivity (Wildman–Crippen MR) is 45.3 cm³/mol. The van der Waals surface area contributed by atoms with Crippen LogP contribution < -0.4 is 0 Å². The molecule has 0 aliphatic carbocycles. The van der Waals surface area contributed by atoms with Gasteiger partial charge in [0.2, 0.25) is 5.91 Å². The smallest absolute Gasteiger partial charge is 0.238 e. The van der Waals surface area contributed by atoms with Crippen molar-refractivity contribution >= 4 is 5.91 Å². The maximum absolute atomic E-state index is 11.3. The van der Waals surface area contributed by atoms with Gasteiger partial charge in [0.25, 0.3) is 0 Å². The summed E-state index contributed by atoms with van der Waals surface area (Å²) in [5.74, 6) is 0.123. The number of amides is 1. The number of hydrazine groups is 1. The largest absolute Gasteiger partial charge is 0.392 e. The van der Waals surface area contributed by atoms with E-state index in [4.69, 9.17) is 5.11 Å². The number of aliphatic hydroxyl groups excluding tert-OH is 1. The van der Waals surface area contributed by atoms with E-state index < -0.39 is 6.10 Å². The van der Waals surface area contributed by atoms with Gasteiger partial charge in [0, 0.05) is 19.5 Å². The van der Waals surface area contributed by atoms with Gasteiger partial charge in [0.15, 0.2) is 0 Å². The summed E-state index contributed by atoms with van der Waals surface area (Å²) in [5.41, 5.74) is 0. The summed E-state index contributed by atoms with van der Waals surface area (Å²) < 4.78 is 0. The van der Waals surface area contributed by atoms with Crippen LogP contribution in [0.2, 0.25) is 0 Å². The molecule has 4 nitrogen and oxygen atoms in total. The van der Waals surface area contributed by atoms with Gasteiger partial charge in [-0.25, -0.2) is 5.01 Å². The van der Waals surface area contributed by atoms with Crippen LogP contribution in [0.4, 0.5) is 0 Å². The van der Waals surface area contributed by atoms with Gasteiger partial charge < -0.3 is 5.11 Å². The summed E-state index contributed by atoms with van der Waals surface area (Å²) in [4.78, 5) is 11.3. The molecule has 1 rings (SSSR count). The maximum atomic E-state index is 11.3. The van der Waals surface area contributed by atoms with Gasteiger partial charge in [0.1, 0.15) is 0 Å². The van der Waals surface area contributed by atoms with E-state index in [0.29, 0.717) is 13.0 Å². The van der Waals surface area contributed by atoms with E-state index in [9.17, 15) is 4.79 Å². The highest BCUT2D eigenvalue weighted by atomic mass is 16.3. The summed E-state index contributed by atoms with van der Waals surface area (Å²) in [6.07, 6.45) is 0.140. The zero-order chi connectivity index (χ0) is 9.14. The average molecular weight is 172 g/mol. The minimum atomic E-state index is -0.443. The van der Waals surface area contributed by atoms with E-state index in [2.05, 4.69) is 0 Å². The van der Waals surface area contributed by atoms with Gasteiger partial charge in [-0.3, -0.25) is 9.80 Å². The minimum Gasteiger partial charge on any atom is -0.392 e. The van der Waals surface area contributed by atoms with E-state index in [1.807, 2.05) is 11.9 Å². The maximum Gasteiger partial charge on any atom is 0.238 e. The molecule has 0 aromatic carbocycles. The molecule has 1 N–H and O–H groups in total. The van der Waals surface area contributed by atoms with Crippen LogP contribution >= 0.6 is 0 Å². The normalized spacial score (nSPS) is 21.9. The first-order valence-electron chi connectivity index (χ1n) is 4.38. The van der Waals surface area contributed by atoms with Gasteiger partial charge in [-0.05, 0) is 6.92 Å². The molecule has 70 valence electrons. The molecule has 1 aliphatic heterocycles. The van der Waals surface area contributed by atoms with Crippen molar-refractivity contribution in [2.45, 2.75) is 26.4 Å². The van der Waals surface area contributed by atoms with Crippen LogP contribution in [-0.2, 0) is 4.79 Å². The summed E-state index contributed by atoms with van der Waals surface area (Å²) in [5, 5.41) is 12.7. The van der Waals surface area contributed by atoms with Crippen molar-refractivity contribution in [1.82, 2.24) is 10.0 Å². The zero-order valence-corrected chi connectivity index (χ0v) is 7.66. The molecule has 1 heterocycles. The molecule has 1 atom stereocenters. The quantitative estimate of drug-likeness (QED) is 0.643. The molecule has 0 spiro atoms. The Morgan fingerprint density at radius 3 is 2.83 bits per heavy atom. The minimum absolute atomic E-state index is 0.123. The van der Waals surface area contributed by atoms with Crippen LogP contribution in [0, 0.1) is 0 Å². The lowest BCUT2D eigenvalue weighted by Gasteiger charge is -2.27. The lowest BCUT2D eigenvalue weighted by Crippen LogP contribution is -2.42. The Morgan fingerprint density at radius 1 is 1.67 bits per heavy atom. The van der Waals surface area contributed by atoms with Crippen molar-refractivity contribution < 1.29 is 9.90 Å². The highest BCUT2D eigenvalue weighted by Gasteiger charge is 2.27. The molecule has 1 unspecified atom stereocenters. The van der Waals surface area contributed by atoms with E-state index in [-0.39, 0.29) is 5.91 Å². The van der Waals surface area contributed by atoms with E-state index in [1.165, 1.54) is 0 Å². The van der Waals surface area contributed by atoms with Crippen LogP contribution in [0.5, 0.6) is 0 Å². The standard InChI is InChI=1S/C8H16N2O2/c1-3-9-5-4-8(12)10(9)6-7(2)11/h7,11H,3-6H2,1-2H3. The number of hydrogen-bond acceptors (Lipinski definition) is 3. The Bertz CT molecular complexity index is 170. The third kappa shape index (κ3) is 1.95. The van der Waals surface area contributed by atoms with E-state index in [1.54, 1.807) is 11.9 Å². The van der Waals surface area contributed by atoms with Crippen LogP contribution in [0.15, 0.2) is 0 Å².